The van der Waals surface area contributed by atoms with Gasteiger partial charge in [0.05, 0.1) is 36.7 Å². The molecule has 3 aromatic rings. The van der Waals surface area contributed by atoms with Crippen molar-refractivity contribution < 1.29 is 4.74 Å². The fourth-order valence-corrected chi connectivity index (χ4v) is 6.16. The van der Waals surface area contributed by atoms with Gasteiger partial charge in [0.25, 0.3) is 0 Å². The number of hydrogen-bond acceptors (Lipinski definition) is 4. The monoisotopic (exact) mass is 553 g/mol. The molecule has 2 atom stereocenters. The van der Waals surface area contributed by atoms with E-state index in [4.69, 9.17) is 21.9 Å². The first-order valence-electron chi connectivity index (χ1n) is 12.3. The van der Waals surface area contributed by atoms with Gasteiger partial charge in [0.15, 0.2) is 5.11 Å². The van der Waals surface area contributed by atoms with Crippen molar-refractivity contribution in [3.8, 4) is 5.69 Å². The molecule has 0 saturated carbocycles. The molecule has 5 rings (SSSR count). The van der Waals surface area contributed by atoms with E-state index in [9.17, 15) is 0 Å². The van der Waals surface area contributed by atoms with Crippen molar-refractivity contribution in [1.29, 1.82) is 0 Å². The van der Waals surface area contributed by atoms with Gasteiger partial charge in [0.2, 0.25) is 0 Å². The Labute approximate surface area is 221 Å². The minimum absolute atomic E-state index is 0.000232. The number of ether oxygens (including phenoxy) is 1. The molecule has 184 valence electrons. The van der Waals surface area contributed by atoms with Gasteiger partial charge in [0, 0.05) is 48.2 Å². The normalized spacial score (nSPS) is 20.9. The van der Waals surface area contributed by atoms with Crippen molar-refractivity contribution in [2.75, 3.05) is 39.4 Å². The van der Waals surface area contributed by atoms with Crippen molar-refractivity contribution in [2.45, 2.75) is 32.4 Å². The van der Waals surface area contributed by atoms with Gasteiger partial charge < -0.3 is 19.5 Å². The van der Waals surface area contributed by atoms with Gasteiger partial charge in [0.1, 0.15) is 0 Å². The first kappa shape index (κ1) is 24.4. The summed E-state index contributed by atoms with van der Waals surface area (Å²) in [5.41, 5.74) is 5.88. The van der Waals surface area contributed by atoms with E-state index in [1.807, 2.05) is 12.3 Å². The number of aryl methyl sites for hydroxylation is 1. The van der Waals surface area contributed by atoms with Gasteiger partial charge in [-0.3, -0.25) is 9.88 Å². The molecule has 2 saturated heterocycles. The van der Waals surface area contributed by atoms with Gasteiger partial charge in [-0.1, -0.05) is 18.2 Å². The van der Waals surface area contributed by atoms with Crippen LogP contribution in [0, 0.1) is 13.8 Å². The van der Waals surface area contributed by atoms with Crippen LogP contribution < -0.4 is 5.32 Å². The summed E-state index contributed by atoms with van der Waals surface area (Å²) in [6, 6.07) is 16.9. The van der Waals surface area contributed by atoms with E-state index in [1.165, 1.54) is 17.0 Å². The molecule has 0 unspecified atom stereocenters. The van der Waals surface area contributed by atoms with E-state index >= 15 is 0 Å². The lowest BCUT2D eigenvalue weighted by Crippen LogP contribution is -2.39. The van der Waals surface area contributed by atoms with E-state index in [1.54, 1.807) is 0 Å². The molecular weight excluding hydrogens is 522 g/mol. The average molecular weight is 555 g/mol. The van der Waals surface area contributed by atoms with Crippen LogP contribution in [-0.2, 0) is 4.74 Å². The van der Waals surface area contributed by atoms with Crippen molar-refractivity contribution in [1.82, 2.24) is 24.7 Å². The van der Waals surface area contributed by atoms with Crippen molar-refractivity contribution >= 4 is 33.3 Å². The fourth-order valence-electron chi connectivity index (χ4n) is 5.37. The Balaban J connectivity index is 1.48. The molecule has 6 nitrogen and oxygen atoms in total. The molecule has 0 spiro atoms. The van der Waals surface area contributed by atoms with E-state index in [-0.39, 0.29) is 12.1 Å². The zero-order chi connectivity index (χ0) is 24.4. The lowest BCUT2D eigenvalue weighted by molar-refractivity contribution is 0.0365. The number of pyridine rings is 1. The van der Waals surface area contributed by atoms with Gasteiger partial charge in [-0.15, -0.1) is 0 Å². The number of halogens is 1. The number of para-hydroxylation sites is 1. The van der Waals surface area contributed by atoms with Gasteiger partial charge in [-0.2, -0.15) is 0 Å². The summed E-state index contributed by atoms with van der Waals surface area (Å²) in [4.78, 5) is 9.57. The summed E-state index contributed by atoms with van der Waals surface area (Å²) < 4.78 is 8.93. The Bertz CT molecular complexity index is 1180. The van der Waals surface area contributed by atoms with Gasteiger partial charge >= 0.3 is 0 Å². The highest BCUT2D eigenvalue weighted by Crippen LogP contribution is 2.41. The predicted octanol–water partition coefficient (Wildman–Crippen LogP) is 4.95. The summed E-state index contributed by atoms with van der Waals surface area (Å²) in [6.45, 7) is 10.0. The average Bonchev–Trinajstić information content (AvgIpc) is 3.35. The van der Waals surface area contributed by atoms with Crippen LogP contribution in [-0.4, -0.2) is 63.9 Å². The molecule has 0 radical (unpaired) electrons. The molecule has 0 bridgehead atoms. The standard InChI is InChI=1S/C27H32BrN5OS/c1-19-18-21(20(2)33(19)24-10-4-3-8-22(24)28)26-25(23-9-5-6-11-29-23)30-27(35)32(26)13-7-12-31-14-16-34-17-15-31/h3-6,8-11,18,25-26H,7,12-17H2,1-2H3,(H,30,35)/t25-,26-/m1/s1. The van der Waals surface area contributed by atoms with Crippen LogP contribution in [0.25, 0.3) is 5.69 Å². The van der Waals surface area contributed by atoms with Crippen molar-refractivity contribution in [3.63, 3.8) is 0 Å². The van der Waals surface area contributed by atoms with Crippen LogP contribution in [0.2, 0.25) is 0 Å². The lowest BCUT2D eigenvalue weighted by atomic mass is 9.96. The zero-order valence-electron chi connectivity index (χ0n) is 20.3. The molecule has 2 aromatic heterocycles. The Morgan fingerprint density at radius 2 is 1.86 bits per heavy atom. The number of benzene rings is 1. The summed E-state index contributed by atoms with van der Waals surface area (Å²) in [6.07, 6.45) is 2.92. The maximum absolute atomic E-state index is 5.90. The first-order valence-corrected chi connectivity index (χ1v) is 13.5. The summed E-state index contributed by atoms with van der Waals surface area (Å²) in [5, 5.41) is 4.41. The largest absolute Gasteiger partial charge is 0.379 e. The van der Waals surface area contributed by atoms with Gasteiger partial charge in [-0.25, -0.2) is 0 Å². The summed E-state index contributed by atoms with van der Waals surface area (Å²) >= 11 is 9.65. The molecule has 4 heterocycles. The minimum Gasteiger partial charge on any atom is -0.379 e. The van der Waals surface area contributed by atoms with Crippen LogP contribution in [0.15, 0.2) is 59.2 Å². The number of thiocarbonyl (C=S) groups is 1. The second-order valence-electron chi connectivity index (χ2n) is 9.24. The van der Waals surface area contributed by atoms with Crippen molar-refractivity contribution in [3.05, 3.63) is 81.8 Å². The third-order valence-corrected chi connectivity index (χ3v) is 8.08. The number of nitrogens with zero attached hydrogens (tertiary/aromatic N) is 4. The molecule has 8 heteroatoms. The number of morpholine rings is 1. The van der Waals surface area contributed by atoms with Crippen LogP contribution in [0.4, 0.5) is 0 Å². The number of hydrogen-bond donors (Lipinski definition) is 1. The highest BCUT2D eigenvalue weighted by molar-refractivity contribution is 9.10. The van der Waals surface area contributed by atoms with Crippen LogP contribution in [0.5, 0.6) is 0 Å². The molecular formula is C27H32BrN5OS. The predicted molar refractivity (Wildman–Crippen MR) is 147 cm³/mol. The molecule has 35 heavy (non-hydrogen) atoms. The maximum Gasteiger partial charge on any atom is 0.170 e. The second kappa shape index (κ2) is 10.8. The molecule has 0 aliphatic carbocycles. The third kappa shape index (κ3) is 5.03. The molecule has 1 N–H and O–H groups in total. The van der Waals surface area contributed by atoms with Crippen LogP contribution >= 0.6 is 28.1 Å². The topological polar surface area (TPSA) is 45.6 Å². The molecule has 2 aliphatic rings. The smallest absolute Gasteiger partial charge is 0.170 e. The van der Waals surface area contributed by atoms with E-state index in [2.05, 4.69) is 91.9 Å². The van der Waals surface area contributed by atoms with E-state index in [0.717, 1.165) is 66.8 Å². The number of nitrogens with one attached hydrogen (secondary N) is 1. The molecule has 0 amide bonds. The highest BCUT2D eigenvalue weighted by Gasteiger charge is 2.41. The van der Waals surface area contributed by atoms with E-state index in [0.29, 0.717) is 0 Å². The zero-order valence-corrected chi connectivity index (χ0v) is 22.7. The summed E-state index contributed by atoms with van der Waals surface area (Å²) in [7, 11) is 0. The van der Waals surface area contributed by atoms with Crippen LogP contribution in [0.1, 0.15) is 41.1 Å². The Hall–Kier alpha value is -2.26. The lowest BCUT2D eigenvalue weighted by Gasteiger charge is -2.30. The Morgan fingerprint density at radius 1 is 1.09 bits per heavy atom. The van der Waals surface area contributed by atoms with Gasteiger partial charge in [-0.05, 0) is 84.3 Å². The second-order valence-corrected chi connectivity index (χ2v) is 10.5. The first-order chi connectivity index (χ1) is 17.0. The quantitative estimate of drug-likeness (QED) is 0.418. The SMILES string of the molecule is Cc1cc([C@@H]2[C@@H](c3ccccn3)NC(=S)N2CCCN2CCOCC2)c(C)n1-c1ccccc1Br. The fraction of sp³-hybridized carbons (Fsp3) is 0.407. The molecule has 2 aliphatic heterocycles. The highest BCUT2D eigenvalue weighted by atomic mass is 79.9. The summed E-state index contributed by atoms with van der Waals surface area (Å²) in [5.74, 6) is 0. The Morgan fingerprint density at radius 3 is 2.60 bits per heavy atom. The number of rotatable bonds is 7. The number of aromatic nitrogens is 2. The van der Waals surface area contributed by atoms with Crippen molar-refractivity contribution in [2.24, 2.45) is 0 Å². The van der Waals surface area contributed by atoms with Crippen LogP contribution in [0.3, 0.4) is 0 Å². The van der Waals surface area contributed by atoms with E-state index < -0.39 is 0 Å². The minimum atomic E-state index is 0.000232. The maximum atomic E-state index is 5.90. The molecule has 2 fully saturated rings. The Kier molecular flexibility index (Phi) is 7.53. The third-order valence-electron chi connectivity index (χ3n) is 7.06. The molecule has 1 aromatic carbocycles.